The fraction of sp³-hybridized carbons (Fsp3) is 0.556. The summed E-state index contributed by atoms with van der Waals surface area (Å²) in [5.41, 5.74) is -2.25. The van der Waals surface area contributed by atoms with E-state index in [1.165, 1.54) is 6.07 Å². The highest BCUT2D eigenvalue weighted by Crippen LogP contribution is 2.39. The zero-order chi connectivity index (χ0) is 20.5. The summed E-state index contributed by atoms with van der Waals surface area (Å²) in [7, 11) is 0. The molecule has 2 amide bonds. The molecule has 1 aliphatic rings. The van der Waals surface area contributed by atoms with E-state index in [-0.39, 0.29) is 11.4 Å². The van der Waals surface area contributed by atoms with Gasteiger partial charge in [0.25, 0.3) is 0 Å². The molecule has 0 bridgehead atoms. The van der Waals surface area contributed by atoms with Crippen molar-refractivity contribution < 1.29 is 27.5 Å². The average Bonchev–Trinajstić information content (AvgIpc) is 3.26. The summed E-state index contributed by atoms with van der Waals surface area (Å²) in [6.45, 7) is 7.23. The Morgan fingerprint density at radius 1 is 1.15 bits per heavy atom. The van der Waals surface area contributed by atoms with Gasteiger partial charge in [0.1, 0.15) is 11.1 Å². The van der Waals surface area contributed by atoms with Crippen LogP contribution in [0, 0.1) is 0 Å². The molecule has 0 unspecified atom stereocenters. The zero-order valence-electron chi connectivity index (χ0n) is 15.7. The molecule has 0 heterocycles. The minimum atomic E-state index is -4.48. The molecule has 27 heavy (non-hydrogen) atoms. The number of carbonyl (C=O) groups excluding carboxylic acids is 2. The lowest BCUT2D eigenvalue weighted by molar-refractivity contribution is -0.137. The summed E-state index contributed by atoms with van der Waals surface area (Å²) in [4.78, 5) is 24.5. The summed E-state index contributed by atoms with van der Waals surface area (Å²) in [6, 6.07) is 3.04. The lowest BCUT2D eigenvalue weighted by Gasteiger charge is -2.23. The van der Waals surface area contributed by atoms with Crippen molar-refractivity contribution in [1.29, 1.82) is 0 Å². The minimum absolute atomic E-state index is 0.161. The van der Waals surface area contributed by atoms with Crippen LogP contribution in [0.15, 0.2) is 18.2 Å². The van der Waals surface area contributed by atoms with Gasteiger partial charge in [-0.25, -0.2) is 4.79 Å². The second-order valence-corrected chi connectivity index (χ2v) is 7.45. The predicted octanol–water partition coefficient (Wildman–Crippen LogP) is 4.13. The van der Waals surface area contributed by atoms with Crippen molar-refractivity contribution in [2.24, 2.45) is 0 Å². The number of amides is 2. The largest absolute Gasteiger partial charge is 0.444 e. The monoisotopic (exact) mass is 387 g/mol. The number of alkyl halides is 3. The van der Waals surface area contributed by atoms with Gasteiger partial charge in [0, 0.05) is 6.54 Å². The van der Waals surface area contributed by atoms with Crippen molar-refractivity contribution in [3.05, 3.63) is 23.8 Å². The van der Waals surface area contributed by atoms with Gasteiger partial charge in [0.2, 0.25) is 5.91 Å². The predicted molar refractivity (Wildman–Crippen MR) is 95.6 cm³/mol. The fourth-order valence-electron chi connectivity index (χ4n) is 2.44. The molecule has 0 radical (unpaired) electrons. The first-order valence-corrected chi connectivity index (χ1v) is 8.64. The Morgan fingerprint density at radius 3 is 2.26 bits per heavy atom. The van der Waals surface area contributed by atoms with Crippen LogP contribution in [0.25, 0.3) is 0 Å². The highest BCUT2D eigenvalue weighted by molar-refractivity contribution is 6.04. The fourth-order valence-corrected chi connectivity index (χ4v) is 2.44. The van der Waals surface area contributed by atoms with Gasteiger partial charge in [0.05, 0.1) is 16.9 Å². The average molecular weight is 387 g/mol. The molecule has 2 rings (SSSR count). The summed E-state index contributed by atoms with van der Waals surface area (Å²) >= 11 is 0. The summed E-state index contributed by atoms with van der Waals surface area (Å²) in [6.07, 6.45) is -4.35. The second kappa shape index (κ2) is 7.28. The van der Waals surface area contributed by atoms with Crippen LogP contribution in [0.1, 0.15) is 46.1 Å². The normalized spacial score (nSPS) is 15.7. The topological polar surface area (TPSA) is 79.5 Å². The Balaban J connectivity index is 2.14. The maximum atomic E-state index is 12.9. The third-order valence-electron chi connectivity index (χ3n) is 3.89. The van der Waals surface area contributed by atoms with E-state index in [1.807, 2.05) is 0 Å². The van der Waals surface area contributed by atoms with Gasteiger partial charge in [-0.3, -0.25) is 4.79 Å². The molecule has 1 aromatic carbocycles. The molecule has 1 fully saturated rings. The van der Waals surface area contributed by atoms with Crippen LogP contribution in [-0.4, -0.2) is 29.7 Å². The SMILES string of the molecule is CCNc1cc(C(F)(F)F)ccc1NC(=O)C1(NC(=O)OC(C)(C)C)CC1. The molecule has 3 N–H and O–H groups in total. The van der Waals surface area contributed by atoms with Crippen molar-refractivity contribution in [2.75, 3.05) is 17.2 Å². The number of alkyl carbamates (subject to hydrolysis) is 1. The molecular weight excluding hydrogens is 363 g/mol. The molecule has 0 aromatic heterocycles. The van der Waals surface area contributed by atoms with E-state index >= 15 is 0 Å². The van der Waals surface area contributed by atoms with Crippen molar-refractivity contribution in [3.8, 4) is 0 Å². The summed E-state index contributed by atoms with van der Waals surface area (Å²) in [5, 5.41) is 7.97. The van der Waals surface area contributed by atoms with E-state index in [2.05, 4.69) is 16.0 Å². The van der Waals surface area contributed by atoms with E-state index in [0.29, 0.717) is 19.4 Å². The van der Waals surface area contributed by atoms with Crippen LogP contribution in [0.3, 0.4) is 0 Å². The first-order chi connectivity index (χ1) is 12.4. The van der Waals surface area contributed by atoms with Crippen LogP contribution in [-0.2, 0) is 15.7 Å². The molecule has 9 heteroatoms. The molecule has 1 saturated carbocycles. The summed E-state index contributed by atoms with van der Waals surface area (Å²) in [5.74, 6) is -0.493. The van der Waals surface area contributed by atoms with Crippen LogP contribution in [0.2, 0.25) is 0 Å². The van der Waals surface area contributed by atoms with Crippen molar-refractivity contribution in [2.45, 2.75) is 57.9 Å². The molecule has 1 aromatic rings. The van der Waals surface area contributed by atoms with Gasteiger partial charge in [-0.2, -0.15) is 13.2 Å². The number of benzene rings is 1. The molecule has 0 saturated heterocycles. The lowest BCUT2D eigenvalue weighted by Crippen LogP contribution is -2.47. The number of rotatable bonds is 5. The van der Waals surface area contributed by atoms with Gasteiger partial charge >= 0.3 is 12.3 Å². The van der Waals surface area contributed by atoms with Crippen LogP contribution < -0.4 is 16.0 Å². The first-order valence-electron chi connectivity index (χ1n) is 8.64. The van der Waals surface area contributed by atoms with E-state index in [4.69, 9.17) is 4.74 Å². The molecule has 1 aliphatic carbocycles. The van der Waals surface area contributed by atoms with Crippen molar-refractivity contribution in [1.82, 2.24) is 5.32 Å². The standard InChI is InChI=1S/C18H24F3N3O3/c1-5-22-13-10-11(18(19,20)21)6-7-12(13)23-14(25)17(8-9-17)24-15(26)27-16(2,3)4/h6-7,10,22H,5,8-9H2,1-4H3,(H,23,25)(H,24,26). The van der Waals surface area contributed by atoms with E-state index in [9.17, 15) is 22.8 Å². The molecule has 0 aliphatic heterocycles. The second-order valence-electron chi connectivity index (χ2n) is 7.45. The van der Waals surface area contributed by atoms with Crippen molar-refractivity contribution >= 4 is 23.4 Å². The van der Waals surface area contributed by atoms with Gasteiger partial charge < -0.3 is 20.7 Å². The molecule has 0 spiro atoms. The van der Waals surface area contributed by atoms with Crippen LogP contribution in [0.5, 0.6) is 0 Å². The Labute approximate surface area is 155 Å². The highest BCUT2D eigenvalue weighted by atomic mass is 19.4. The molecule has 0 atom stereocenters. The van der Waals surface area contributed by atoms with Crippen molar-refractivity contribution in [3.63, 3.8) is 0 Å². The van der Waals surface area contributed by atoms with Gasteiger partial charge in [-0.15, -0.1) is 0 Å². The number of hydrogen-bond acceptors (Lipinski definition) is 4. The number of ether oxygens (including phenoxy) is 1. The van der Waals surface area contributed by atoms with Gasteiger partial charge in [-0.1, -0.05) is 0 Å². The maximum Gasteiger partial charge on any atom is 0.416 e. The number of halogens is 3. The smallest absolute Gasteiger partial charge is 0.416 e. The Kier molecular flexibility index (Phi) is 5.63. The third-order valence-corrected chi connectivity index (χ3v) is 3.89. The Bertz CT molecular complexity index is 723. The number of anilines is 2. The number of carbonyl (C=O) groups is 2. The van der Waals surface area contributed by atoms with Crippen LogP contribution >= 0.6 is 0 Å². The Morgan fingerprint density at radius 2 is 1.78 bits per heavy atom. The maximum absolute atomic E-state index is 12.9. The lowest BCUT2D eigenvalue weighted by atomic mass is 10.1. The highest BCUT2D eigenvalue weighted by Gasteiger charge is 2.52. The van der Waals surface area contributed by atoms with E-state index < -0.39 is 34.9 Å². The number of hydrogen-bond donors (Lipinski definition) is 3. The van der Waals surface area contributed by atoms with Crippen LogP contribution in [0.4, 0.5) is 29.3 Å². The molecule has 6 nitrogen and oxygen atoms in total. The third kappa shape index (κ3) is 5.51. The van der Waals surface area contributed by atoms with E-state index in [1.54, 1.807) is 27.7 Å². The van der Waals surface area contributed by atoms with Gasteiger partial charge in [-0.05, 0) is 58.7 Å². The molecular formula is C18H24F3N3O3. The number of nitrogens with one attached hydrogen (secondary N) is 3. The molecule has 150 valence electrons. The zero-order valence-corrected chi connectivity index (χ0v) is 15.7. The quantitative estimate of drug-likeness (QED) is 0.710. The van der Waals surface area contributed by atoms with E-state index in [0.717, 1.165) is 12.1 Å². The Hall–Kier alpha value is -2.45. The van der Waals surface area contributed by atoms with Gasteiger partial charge in [0.15, 0.2) is 0 Å². The minimum Gasteiger partial charge on any atom is -0.444 e. The summed E-state index contributed by atoms with van der Waals surface area (Å²) < 4.78 is 43.9. The first kappa shape index (κ1) is 20.9.